The molecule has 3 aliphatic carbocycles. The predicted molar refractivity (Wildman–Crippen MR) is 46.6 cm³/mol. The predicted octanol–water partition coefficient (Wildman–Crippen LogP) is 0.285. The molecule has 0 aromatic rings. The molecule has 1 aliphatic heterocycles. The molecule has 0 radical (unpaired) electrons. The van der Waals surface area contributed by atoms with Crippen molar-refractivity contribution in [3.8, 4) is 0 Å². The van der Waals surface area contributed by atoms with Gasteiger partial charge in [-0.2, -0.15) is 0 Å². The fourth-order valence-corrected chi connectivity index (χ4v) is 4.85. The Morgan fingerprint density at radius 3 is 2.83 bits per heavy atom. The van der Waals surface area contributed by atoms with Crippen LogP contribution in [0.5, 0.6) is 0 Å². The van der Waals surface area contributed by atoms with E-state index in [1.54, 1.807) is 0 Å². The zero-order valence-electron chi connectivity index (χ0n) is 7.59. The zero-order valence-corrected chi connectivity index (χ0v) is 7.59. The van der Waals surface area contributed by atoms with Crippen LogP contribution in [-0.4, -0.2) is 30.6 Å². The minimum absolute atomic E-state index is 0.247. The molecule has 4 fully saturated rings. The summed E-state index contributed by atoms with van der Waals surface area (Å²) in [5, 5.41) is 0. The maximum atomic E-state index is 6.57. The Morgan fingerprint density at radius 1 is 1.33 bits per heavy atom. The van der Waals surface area contributed by atoms with Gasteiger partial charge in [-0.05, 0) is 43.1 Å². The molecular weight excluding hydrogens is 148 g/mol. The third-order valence-corrected chi connectivity index (χ3v) is 5.40. The molecule has 0 spiro atoms. The smallest absolute Gasteiger partial charge is 0.0386 e. The van der Waals surface area contributed by atoms with Crippen molar-refractivity contribution in [2.24, 2.45) is 28.9 Å². The van der Waals surface area contributed by atoms with Crippen LogP contribution in [0.25, 0.3) is 0 Å². The van der Waals surface area contributed by atoms with Crippen molar-refractivity contribution in [1.82, 2.24) is 4.90 Å². The maximum absolute atomic E-state index is 6.57. The highest BCUT2D eigenvalue weighted by atomic mass is 15.2. The van der Waals surface area contributed by atoms with E-state index in [-0.39, 0.29) is 5.54 Å². The normalized spacial score (nSPS) is 72.0. The fraction of sp³-hybridized carbons (Fsp3) is 1.00. The number of likely N-dealkylation sites (N-methyl/N-ethyl adjacent to an activating group) is 1. The number of hydrogen-bond acceptors (Lipinski definition) is 2. The molecule has 0 aromatic heterocycles. The summed E-state index contributed by atoms with van der Waals surface area (Å²) in [7, 11) is 2.22. The third-order valence-electron chi connectivity index (χ3n) is 5.40. The number of nitrogens with two attached hydrogens (primary N) is 1. The highest BCUT2D eigenvalue weighted by Gasteiger charge is 2.85. The fourth-order valence-electron chi connectivity index (χ4n) is 4.85. The average molecular weight is 164 g/mol. The largest absolute Gasteiger partial charge is 0.323 e. The Hall–Kier alpha value is -0.0800. The van der Waals surface area contributed by atoms with Crippen molar-refractivity contribution in [2.45, 2.75) is 18.4 Å². The van der Waals surface area contributed by atoms with Gasteiger partial charge in [0.2, 0.25) is 0 Å². The van der Waals surface area contributed by atoms with E-state index >= 15 is 0 Å². The van der Waals surface area contributed by atoms with E-state index in [2.05, 4.69) is 11.9 Å². The van der Waals surface area contributed by atoms with E-state index in [4.69, 9.17) is 5.73 Å². The molecule has 1 saturated heterocycles. The monoisotopic (exact) mass is 164 g/mol. The number of likely N-dealkylation sites (tertiary alicyclic amines) is 1. The van der Waals surface area contributed by atoms with Crippen LogP contribution in [0, 0.1) is 23.2 Å². The van der Waals surface area contributed by atoms with E-state index in [0.29, 0.717) is 5.41 Å². The molecule has 66 valence electrons. The number of rotatable bonds is 0. The van der Waals surface area contributed by atoms with Crippen molar-refractivity contribution >= 4 is 0 Å². The number of fused-ring (bicyclic) bond motifs is 2. The van der Waals surface area contributed by atoms with Crippen molar-refractivity contribution in [3.05, 3.63) is 0 Å². The first-order chi connectivity index (χ1) is 5.67. The van der Waals surface area contributed by atoms with Crippen LogP contribution in [0.4, 0.5) is 0 Å². The van der Waals surface area contributed by atoms with Gasteiger partial charge in [0.15, 0.2) is 0 Å². The van der Waals surface area contributed by atoms with Gasteiger partial charge in [-0.3, -0.25) is 0 Å². The van der Waals surface area contributed by atoms with Gasteiger partial charge in [0.05, 0.1) is 0 Å². The van der Waals surface area contributed by atoms with Crippen LogP contribution in [0.1, 0.15) is 12.8 Å². The van der Waals surface area contributed by atoms with E-state index in [0.717, 1.165) is 17.8 Å². The Labute approximate surface area is 73.1 Å². The molecule has 4 aliphatic rings. The molecule has 5 atom stereocenters. The van der Waals surface area contributed by atoms with E-state index in [1.165, 1.54) is 25.9 Å². The first kappa shape index (κ1) is 6.39. The Kier molecular flexibility index (Phi) is 0.734. The highest BCUT2D eigenvalue weighted by Crippen LogP contribution is 2.85. The van der Waals surface area contributed by atoms with Gasteiger partial charge in [0.1, 0.15) is 0 Å². The van der Waals surface area contributed by atoms with Gasteiger partial charge >= 0.3 is 0 Å². The highest BCUT2D eigenvalue weighted by molar-refractivity contribution is 5.37. The zero-order chi connectivity index (χ0) is 8.14. The van der Waals surface area contributed by atoms with Crippen LogP contribution < -0.4 is 5.73 Å². The lowest BCUT2D eigenvalue weighted by molar-refractivity contribution is 0.191. The summed E-state index contributed by atoms with van der Waals surface area (Å²) in [5.41, 5.74) is 7.48. The lowest BCUT2D eigenvalue weighted by Crippen LogP contribution is -2.50. The molecule has 0 amide bonds. The Balaban J connectivity index is 1.85. The van der Waals surface area contributed by atoms with Crippen LogP contribution in [-0.2, 0) is 0 Å². The van der Waals surface area contributed by atoms with E-state index < -0.39 is 0 Å². The van der Waals surface area contributed by atoms with Crippen LogP contribution in [0.2, 0.25) is 0 Å². The third kappa shape index (κ3) is 0.374. The molecule has 2 nitrogen and oxygen atoms in total. The Morgan fingerprint density at radius 2 is 2.17 bits per heavy atom. The standard InChI is InChI=1S/C10H16N2/c1-12-4-8-6-2-9(3-7(6)9)10(8,11)5-12/h6-8H,2-5,11H2,1H3. The quantitative estimate of drug-likeness (QED) is 0.557. The Bertz CT molecular complexity index is 277. The first-order valence-corrected chi connectivity index (χ1v) is 5.15. The second kappa shape index (κ2) is 1.38. The SMILES string of the molecule is CN1CC2C3CC4(CC34)C2(N)C1. The van der Waals surface area contributed by atoms with Gasteiger partial charge in [-0.1, -0.05) is 0 Å². The lowest BCUT2D eigenvalue weighted by Gasteiger charge is -2.32. The van der Waals surface area contributed by atoms with Gasteiger partial charge in [0.25, 0.3) is 0 Å². The molecule has 3 saturated carbocycles. The van der Waals surface area contributed by atoms with E-state index in [1.807, 2.05) is 0 Å². The average Bonchev–Trinajstić information content (AvgIpc) is 2.20. The molecule has 2 N–H and O–H groups in total. The van der Waals surface area contributed by atoms with Gasteiger partial charge in [0, 0.05) is 18.6 Å². The van der Waals surface area contributed by atoms with Gasteiger partial charge in [-0.25, -0.2) is 0 Å². The molecule has 0 aromatic carbocycles. The van der Waals surface area contributed by atoms with Crippen molar-refractivity contribution < 1.29 is 0 Å². The van der Waals surface area contributed by atoms with Gasteiger partial charge < -0.3 is 10.6 Å². The van der Waals surface area contributed by atoms with Crippen molar-refractivity contribution in [3.63, 3.8) is 0 Å². The molecular formula is C10H16N2. The topological polar surface area (TPSA) is 29.3 Å². The number of nitrogens with zero attached hydrogens (tertiary/aromatic N) is 1. The van der Waals surface area contributed by atoms with E-state index in [9.17, 15) is 0 Å². The summed E-state index contributed by atoms with van der Waals surface area (Å²) in [6.45, 7) is 2.45. The lowest BCUT2D eigenvalue weighted by atomic mass is 9.79. The van der Waals surface area contributed by atoms with Gasteiger partial charge in [-0.15, -0.1) is 0 Å². The summed E-state index contributed by atoms with van der Waals surface area (Å²) in [6.07, 6.45) is 2.95. The maximum Gasteiger partial charge on any atom is 0.0386 e. The molecule has 1 heterocycles. The number of hydrogen-bond donors (Lipinski definition) is 1. The van der Waals surface area contributed by atoms with Crippen LogP contribution >= 0.6 is 0 Å². The van der Waals surface area contributed by atoms with Crippen LogP contribution in [0.15, 0.2) is 0 Å². The second-order valence-electron chi connectivity index (χ2n) is 5.68. The van der Waals surface area contributed by atoms with Crippen molar-refractivity contribution in [2.75, 3.05) is 20.1 Å². The minimum atomic E-state index is 0.247. The minimum Gasteiger partial charge on any atom is -0.323 e. The molecule has 12 heavy (non-hydrogen) atoms. The summed E-state index contributed by atoms with van der Waals surface area (Å²) in [6, 6.07) is 0. The summed E-state index contributed by atoms with van der Waals surface area (Å²) in [4.78, 5) is 2.44. The first-order valence-electron chi connectivity index (χ1n) is 5.15. The van der Waals surface area contributed by atoms with Crippen molar-refractivity contribution in [1.29, 1.82) is 0 Å². The molecule has 5 unspecified atom stereocenters. The summed E-state index contributed by atoms with van der Waals surface area (Å²) >= 11 is 0. The summed E-state index contributed by atoms with van der Waals surface area (Å²) in [5.74, 6) is 2.96. The second-order valence-corrected chi connectivity index (χ2v) is 5.68. The molecule has 4 rings (SSSR count). The molecule has 2 heteroatoms. The summed E-state index contributed by atoms with van der Waals surface area (Å²) < 4.78 is 0. The molecule has 2 bridgehead atoms. The van der Waals surface area contributed by atoms with Crippen LogP contribution in [0.3, 0.4) is 0 Å².